The van der Waals surface area contributed by atoms with Gasteiger partial charge in [-0.1, -0.05) is 12.1 Å². The molecule has 4 heteroatoms. The molecule has 1 aliphatic heterocycles. The number of hydrogen-bond donors (Lipinski definition) is 1. The summed E-state index contributed by atoms with van der Waals surface area (Å²) < 4.78 is 25.0. The van der Waals surface area contributed by atoms with E-state index in [0.29, 0.717) is 19.0 Å². The molecular formula is C14H20FNO2. The van der Waals surface area contributed by atoms with Crippen LogP contribution < -0.4 is 10.1 Å². The van der Waals surface area contributed by atoms with E-state index in [9.17, 15) is 4.39 Å². The Morgan fingerprint density at radius 2 is 2.11 bits per heavy atom. The number of para-hydroxylation sites is 1. The van der Waals surface area contributed by atoms with Gasteiger partial charge in [-0.15, -0.1) is 0 Å². The summed E-state index contributed by atoms with van der Waals surface area (Å²) >= 11 is 0. The second-order valence-corrected chi connectivity index (χ2v) is 4.60. The Morgan fingerprint density at radius 1 is 1.39 bits per heavy atom. The molecule has 1 unspecified atom stereocenters. The van der Waals surface area contributed by atoms with Crippen LogP contribution in [0.15, 0.2) is 18.2 Å². The van der Waals surface area contributed by atoms with E-state index in [2.05, 4.69) is 5.32 Å². The number of nitrogens with one attached hydrogen (secondary N) is 1. The zero-order valence-electron chi connectivity index (χ0n) is 10.9. The van der Waals surface area contributed by atoms with Crippen LogP contribution in [0.2, 0.25) is 0 Å². The number of halogens is 1. The maximum absolute atomic E-state index is 13.9. The van der Waals surface area contributed by atoms with Crippen molar-refractivity contribution in [1.82, 2.24) is 5.32 Å². The van der Waals surface area contributed by atoms with Gasteiger partial charge in [-0.2, -0.15) is 0 Å². The van der Waals surface area contributed by atoms with Crippen LogP contribution in [0.1, 0.15) is 31.4 Å². The predicted molar refractivity (Wildman–Crippen MR) is 68.3 cm³/mol. The topological polar surface area (TPSA) is 30.5 Å². The van der Waals surface area contributed by atoms with E-state index < -0.39 is 0 Å². The van der Waals surface area contributed by atoms with Gasteiger partial charge in [0.2, 0.25) is 0 Å². The highest BCUT2D eigenvalue weighted by Gasteiger charge is 2.20. The van der Waals surface area contributed by atoms with Crippen molar-refractivity contribution in [2.75, 3.05) is 20.3 Å². The molecule has 1 heterocycles. The Balaban J connectivity index is 2.19. The molecule has 1 N–H and O–H groups in total. The van der Waals surface area contributed by atoms with Gasteiger partial charge in [-0.25, -0.2) is 4.39 Å². The van der Waals surface area contributed by atoms with Crippen LogP contribution in [-0.2, 0) is 4.74 Å². The van der Waals surface area contributed by atoms with E-state index >= 15 is 0 Å². The number of rotatable bonds is 4. The van der Waals surface area contributed by atoms with Crippen molar-refractivity contribution < 1.29 is 13.9 Å². The van der Waals surface area contributed by atoms with E-state index in [-0.39, 0.29) is 18.0 Å². The summed E-state index contributed by atoms with van der Waals surface area (Å²) in [4.78, 5) is 0. The molecule has 1 fully saturated rings. The smallest absolute Gasteiger partial charge is 0.165 e. The van der Waals surface area contributed by atoms with Crippen molar-refractivity contribution in [3.05, 3.63) is 29.6 Å². The molecule has 100 valence electrons. The van der Waals surface area contributed by atoms with E-state index in [4.69, 9.17) is 9.47 Å². The first kappa shape index (κ1) is 13.3. The molecule has 0 saturated carbocycles. The van der Waals surface area contributed by atoms with Crippen molar-refractivity contribution in [1.29, 1.82) is 0 Å². The lowest BCUT2D eigenvalue weighted by molar-refractivity contribution is 0.0234. The summed E-state index contributed by atoms with van der Waals surface area (Å²) in [6.07, 6.45) is 1.70. The van der Waals surface area contributed by atoms with E-state index in [0.717, 1.165) is 18.4 Å². The van der Waals surface area contributed by atoms with Crippen molar-refractivity contribution in [3.63, 3.8) is 0 Å². The van der Waals surface area contributed by atoms with Gasteiger partial charge >= 0.3 is 0 Å². The van der Waals surface area contributed by atoms with Crippen LogP contribution in [0.5, 0.6) is 5.75 Å². The predicted octanol–water partition coefficient (Wildman–Crippen LogP) is 2.66. The fourth-order valence-corrected chi connectivity index (χ4v) is 2.11. The van der Waals surface area contributed by atoms with Gasteiger partial charge in [0.25, 0.3) is 0 Å². The van der Waals surface area contributed by atoms with Crippen LogP contribution >= 0.6 is 0 Å². The minimum absolute atomic E-state index is 0.0541. The van der Waals surface area contributed by atoms with E-state index in [1.54, 1.807) is 6.07 Å². The molecule has 0 amide bonds. The maximum Gasteiger partial charge on any atom is 0.165 e. The van der Waals surface area contributed by atoms with Crippen LogP contribution in [0.4, 0.5) is 4.39 Å². The fraction of sp³-hybridized carbons (Fsp3) is 0.571. The van der Waals surface area contributed by atoms with Crippen LogP contribution in [-0.4, -0.2) is 26.4 Å². The second-order valence-electron chi connectivity index (χ2n) is 4.60. The monoisotopic (exact) mass is 253 g/mol. The van der Waals surface area contributed by atoms with Crippen molar-refractivity contribution in [2.45, 2.75) is 31.9 Å². The maximum atomic E-state index is 13.9. The summed E-state index contributed by atoms with van der Waals surface area (Å²) in [5.74, 6) is 0.0901. The molecule has 0 bridgehead atoms. The molecule has 1 atom stereocenters. The lowest BCUT2D eigenvalue weighted by Gasteiger charge is -2.26. The first-order chi connectivity index (χ1) is 8.72. The molecule has 0 radical (unpaired) electrons. The van der Waals surface area contributed by atoms with Crippen LogP contribution in [0, 0.1) is 5.82 Å². The molecule has 1 saturated heterocycles. The summed E-state index contributed by atoms with van der Waals surface area (Å²) in [5, 5.41) is 3.11. The third-order valence-electron chi connectivity index (χ3n) is 3.35. The van der Waals surface area contributed by atoms with Crippen LogP contribution in [0.3, 0.4) is 0 Å². The van der Waals surface area contributed by atoms with Gasteiger partial charge in [0.05, 0.1) is 13.2 Å². The molecular weight excluding hydrogens is 233 g/mol. The molecule has 18 heavy (non-hydrogen) atoms. The van der Waals surface area contributed by atoms with Gasteiger partial charge in [-0.05, 0) is 20.0 Å². The Bertz CT molecular complexity index is 391. The molecule has 3 nitrogen and oxygen atoms in total. The Hall–Kier alpha value is -1.13. The molecule has 1 aromatic rings. The molecule has 0 aliphatic carbocycles. The van der Waals surface area contributed by atoms with Crippen molar-refractivity contribution in [3.8, 4) is 5.75 Å². The largest absolute Gasteiger partial charge is 0.487 e. The van der Waals surface area contributed by atoms with Gasteiger partial charge in [0.1, 0.15) is 6.10 Å². The lowest BCUT2D eigenvalue weighted by atomic mass is 10.1. The lowest BCUT2D eigenvalue weighted by Crippen LogP contribution is -2.27. The highest BCUT2D eigenvalue weighted by molar-refractivity contribution is 5.37. The third-order valence-corrected chi connectivity index (χ3v) is 3.35. The van der Waals surface area contributed by atoms with E-state index in [1.807, 2.05) is 20.0 Å². The van der Waals surface area contributed by atoms with Crippen LogP contribution in [0.25, 0.3) is 0 Å². The molecule has 2 rings (SSSR count). The van der Waals surface area contributed by atoms with Gasteiger partial charge < -0.3 is 14.8 Å². The second kappa shape index (κ2) is 6.16. The van der Waals surface area contributed by atoms with Gasteiger partial charge in [0.15, 0.2) is 11.6 Å². The van der Waals surface area contributed by atoms with Gasteiger partial charge in [0, 0.05) is 24.4 Å². The SMILES string of the molecule is CNC(C)c1cccc(F)c1OC1CCOCC1. The molecule has 1 aliphatic rings. The average Bonchev–Trinajstić information content (AvgIpc) is 2.41. The number of hydrogen-bond acceptors (Lipinski definition) is 3. The first-order valence-electron chi connectivity index (χ1n) is 6.42. The molecule has 0 spiro atoms. The fourth-order valence-electron chi connectivity index (χ4n) is 2.11. The summed E-state index contributed by atoms with van der Waals surface area (Å²) in [6, 6.07) is 5.13. The van der Waals surface area contributed by atoms with Crippen molar-refractivity contribution in [2.24, 2.45) is 0 Å². The quantitative estimate of drug-likeness (QED) is 0.895. The highest BCUT2D eigenvalue weighted by atomic mass is 19.1. The zero-order valence-corrected chi connectivity index (χ0v) is 10.9. The Labute approximate surface area is 107 Å². The minimum Gasteiger partial charge on any atom is -0.487 e. The summed E-state index contributed by atoms with van der Waals surface area (Å²) in [5.41, 5.74) is 0.865. The normalized spacial score (nSPS) is 18.6. The van der Waals surface area contributed by atoms with Gasteiger partial charge in [-0.3, -0.25) is 0 Å². The third kappa shape index (κ3) is 3.00. The first-order valence-corrected chi connectivity index (χ1v) is 6.42. The molecule has 0 aromatic heterocycles. The Kier molecular flexibility index (Phi) is 4.55. The Morgan fingerprint density at radius 3 is 2.78 bits per heavy atom. The van der Waals surface area contributed by atoms with Crippen molar-refractivity contribution >= 4 is 0 Å². The zero-order chi connectivity index (χ0) is 13.0. The number of ether oxygens (including phenoxy) is 2. The molecule has 1 aromatic carbocycles. The number of benzene rings is 1. The summed E-state index contributed by atoms with van der Waals surface area (Å²) in [6.45, 7) is 3.37. The minimum atomic E-state index is -0.291. The average molecular weight is 253 g/mol. The highest BCUT2D eigenvalue weighted by Crippen LogP contribution is 2.30. The standard InChI is InChI=1S/C14H20FNO2/c1-10(16-2)12-4-3-5-13(15)14(12)18-11-6-8-17-9-7-11/h3-5,10-11,16H,6-9H2,1-2H3. The summed E-state index contributed by atoms with van der Waals surface area (Å²) in [7, 11) is 1.85. The van der Waals surface area contributed by atoms with E-state index in [1.165, 1.54) is 6.07 Å².